The first-order valence-electron chi connectivity index (χ1n) is 8.27. The summed E-state index contributed by atoms with van der Waals surface area (Å²) >= 11 is 6.28. The molecule has 0 radical (unpaired) electrons. The highest BCUT2D eigenvalue weighted by atomic mass is 35.5. The van der Waals surface area contributed by atoms with Crippen LogP contribution in [0.1, 0.15) is 16.7 Å². The summed E-state index contributed by atoms with van der Waals surface area (Å²) in [5, 5.41) is 0.545. The molecule has 0 aliphatic carbocycles. The Bertz CT molecular complexity index is 997. The van der Waals surface area contributed by atoms with Crippen LogP contribution in [0.5, 0.6) is 0 Å². The van der Waals surface area contributed by atoms with Crippen LogP contribution in [0.15, 0.2) is 77.7 Å². The molecule has 0 aromatic heterocycles. The van der Waals surface area contributed by atoms with Gasteiger partial charge in [-0.05, 0) is 49.7 Å². The van der Waals surface area contributed by atoms with Crippen molar-refractivity contribution in [1.82, 2.24) is 0 Å². The van der Waals surface area contributed by atoms with Crippen LogP contribution in [0, 0.1) is 13.8 Å². The number of halogens is 1. The molecular weight excluding hydrogens is 366 g/mol. The van der Waals surface area contributed by atoms with E-state index in [2.05, 4.69) is 0 Å². The second-order valence-corrected chi connectivity index (χ2v) is 8.52. The van der Waals surface area contributed by atoms with Crippen LogP contribution in [0.25, 0.3) is 0 Å². The number of benzene rings is 3. The standard InChI is InChI=1S/C21H20ClNO2S/c1-16-7-11-19(12-8-16)23(15-18-5-3-4-6-21(18)22)26(24,25)20-13-9-17(2)10-14-20/h3-14H,15H2,1-2H3. The van der Waals surface area contributed by atoms with E-state index >= 15 is 0 Å². The fourth-order valence-corrected chi connectivity index (χ4v) is 4.28. The molecule has 0 unspecified atom stereocenters. The molecule has 0 saturated carbocycles. The van der Waals surface area contributed by atoms with E-state index in [0.717, 1.165) is 16.7 Å². The van der Waals surface area contributed by atoms with E-state index < -0.39 is 10.0 Å². The topological polar surface area (TPSA) is 37.4 Å². The maximum atomic E-state index is 13.3. The lowest BCUT2D eigenvalue weighted by Crippen LogP contribution is -2.30. The zero-order chi connectivity index (χ0) is 18.7. The number of sulfonamides is 1. The second-order valence-electron chi connectivity index (χ2n) is 6.25. The van der Waals surface area contributed by atoms with Crippen LogP contribution in [0.4, 0.5) is 5.69 Å². The highest BCUT2D eigenvalue weighted by Gasteiger charge is 2.25. The first-order chi connectivity index (χ1) is 12.4. The molecule has 0 aliphatic rings. The third kappa shape index (κ3) is 3.92. The van der Waals surface area contributed by atoms with Crippen molar-refractivity contribution in [2.45, 2.75) is 25.3 Å². The summed E-state index contributed by atoms with van der Waals surface area (Å²) in [7, 11) is -3.72. The lowest BCUT2D eigenvalue weighted by molar-refractivity contribution is 0.590. The smallest absolute Gasteiger partial charge is 0.262 e. The summed E-state index contributed by atoms with van der Waals surface area (Å²) in [6.45, 7) is 4.06. The monoisotopic (exact) mass is 385 g/mol. The molecule has 3 nitrogen and oxygen atoms in total. The van der Waals surface area contributed by atoms with Gasteiger partial charge >= 0.3 is 0 Å². The molecule has 0 spiro atoms. The number of hydrogen-bond acceptors (Lipinski definition) is 2. The number of aryl methyl sites for hydroxylation is 2. The van der Waals surface area contributed by atoms with Crippen molar-refractivity contribution in [1.29, 1.82) is 0 Å². The molecule has 0 N–H and O–H groups in total. The van der Waals surface area contributed by atoms with Gasteiger partial charge in [0.05, 0.1) is 17.1 Å². The van der Waals surface area contributed by atoms with Crippen LogP contribution in [0.2, 0.25) is 5.02 Å². The van der Waals surface area contributed by atoms with Crippen LogP contribution in [-0.2, 0) is 16.6 Å². The van der Waals surface area contributed by atoms with Gasteiger partial charge in [-0.3, -0.25) is 4.31 Å². The molecule has 26 heavy (non-hydrogen) atoms. The molecule has 0 bridgehead atoms. The Labute approximate surface area is 159 Å². The molecule has 3 rings (SSSR count). The SMILES string of the molecule is Cc1ccc(N(Cc2ccccc2Cl)S(=O)(=O)c2ccc(C)cc2)cc1. The molecule has 3 aromatic rings. The van der Waals surface area contributed by atoms with Gasteiger partial charge in [0.1, 0.15) is 0 Å². The first kappa shape index (κ1) is 18.5. The van der Waals surface area contributed by atoms with Crippen LogP contribution in [0.3, 0.4) is 0 Å². The summed E-state index contributed by atoms with van der Waals surface area (Å²) in [5.41, 5.74) is 3.44. The van der Waals surface area contributed by atoms with Crippen molar-refractivity contribution in [2.24, 2.45) is 0 Å². The normalized spacial score (nSPS) is 11.3. The predicted octanol–water partition coefficient (Wildman–Crippen LogP) is 5.35. The van der Waals surface area contributed by atoms with Crippen LogP contribution < -0.4 is 4.31 Å². The Kier molecular flexibility index (Phi) is 5.35. The zero-order valence-electron chi connectivity index (χ0n) is 14.7. The van der Waals surface area contributed by atoms with E-state index in [0.29, 0.717) is 10.7 Å². The summed E-state index contributed by atoms with van der Waals surface area (Å²) in [6.07, 6.45) is 0. The molecule has 134 valence electrons. The minimum absolute atomic E-state index is 0.166. The van der Waals surface area contributed by atoms with E-state index in [4.69, 9.17) is 11.6 Å². The Balaban J connectivity index is 2.09. The molecule has 3 aromatic carbocycles. The van der Waals surface area contributed by atoms with Crippen LogP contribution >= 0.6 is 11.6 Å². The molecule has 0 aliphatic heterocycles. The Morgan fingerprint density at radius 1 is 0.808 bits per heavy atom. The van der Waals surface area contributed by atoms with Crippen molar-refractivity contribution in [3.63, 3.8) is 0 Å². The fraction of sp³-hybridized carbons (Fsp3) is 0.143. The maximum absolute atomic E-state index is 13.3. The van der Waals surface area contributed by atoms with E-state index in [9.17, 15) is 8.42 Å². The Morgan fingerprint density at radius 2 is 1.35 bits per heavy atom. The van der Waals surface area contributed by atoms with Crippen molar-refractivity contribution < 1.29 is 8.42 Å². The Morgan fingerprint density at radius 3 is 1.92 bits per heavy atom. The van der Waals surface area contributed by atoms with Gasteiger partial charge in [0, 0.05) is 5.02 Å². The lowest BCUT2D eigenvalue weighted by atomic mass is 10.2. The second kappa shape index (κ2) is 7.52. The van der Waals surface area contributed by atoms with Gasteiger partial charge < -0.3 is 0 Å². The quantitative estimate of drug-likeness (QED) is 0.593. The number of nitrogens with zero attached hydrogens (tertiary/aromatic N) is 1. The van der Waals surface area contributed by atoms with Gasteiger partial charge in [-0.25, -0.2) is 8.42 Å². The minimum Gasteiger partial charge on any atom is -0.262 e. The van der Waals surface area contributed by atoms with Gasteiger partial charge in [0.15, 0.2) is 0 Å². The van der Waals surface area contributed by atoms with Gasteiger partial charge in [0.25, 0.3) is 10.0 Å². The van der Waals surface area contributed by atoms with E-state index in [-0.39, 0.29) is 11.4 Å². The minimum atomic E-state index is -3.72. The third-order valence-corrected chi connectivity index (χ3v) is 6.36. The van der Waals surface area contributed by atoms with Crippen molar-refractivity contribution in [3.05, 3.63) is 94.5 Å². The van der Waals surface area contributed by atoms with E-state index in [1.807, 2.05) is 56.3 Å². The largest absolute Gasteiger partial charge is 0.264 e. The Hall–Kier alpha value is -2.30. The van der Waals surface area contributed by atoms with Crippen LogP contribution in [-0.4, -0.2) is 8.42 Å². The number of anilines is 1. The molecule has 0 fully saturated rings. The van der Waals surface area contributed by atoms with Gasteiger partial charge in [-0.2, -0.15) is 0 Å². The first-order valence-corrected chi connectivity index (χ1v) is 10.1. The average molecular weight is 386 g/mol. The molecule has 0 heterocycles. The lowest BCUT2D eigenvalue weighted by Gasteiger charge is -2.25. The van der Waals surface area contributed by atoms with Crippen molar-refractivity contribution in [3.8, 4) is 0 Å². The average Bonchev–Trinajstić information content (AvgIpc) is 2.62. The van der Waals surface area contributed by atoms with Gasteiger partial charge in [-0.1, -0.05) is 65.2 Å². The summed E-state index contributed by atoms with van der Waals surface area (Å²) in [6, 6.07) is 21.6. The van der Waals surface area contributed by atoms with E-state index in [1.54, 1.807) is 30.3 Å². The van der Waals surface area contributed by atoms with E-state index in [1.165, 1.54) is 4.31 Å². The number of hydrogen-bond donors (Lipinski definition) is 0. The highest BCUT2D eigenvalue weighted by molar-refractivity contribution is 7.92. The van der Waals surface area contributed by atoms with Gasteiger partial charge in [0.2, 0.25) is 0 Å². The zero-order valence-corrected chi connectivity index (χ0v) is 16.3. The fourth-order valence-electron chi connectivity index (χ4n) is 2.64. The summed E-state index contributed by atoms with van der Waals surface area (Å²) < 4.78 is 28.1. The third-order valence-electron chi connectivity index (χ3n) is 4.20. The molecule has 0 amide bonds. The van der Waals surface area contributed by atoms with Gasteiger partial charge in [-0.15, -0.1) is 0 Å². The summed E-state index contributed by atoms with van der Waals surface area (Å²) in [4.78, 5) is 0.260. The van der Waals surface area contributed by atoms with Crippen molar-refractivity contribution >= 4 is 27.3 Å². The summed E-state index contributed by atoms with van der Waals surface area (Å²) in [5.74, 6) is 0. The number of rotatable bonds is 5. The molecular formula is C21H20ClNO2S. The maximum Gasteiger partial charge on any atom is 0.264 e. The highest BCUT2D eigenvalue weighted by Crippen LogP contribution is 2.28. The van der Waals surface area contributed by atoms with Crippen molar-refractivity contribution in [2.75, 3.05) is 4.31 Å². The molecule has 0 saturated heterocycles. The molecule has 0 atom stereocenters. The predicted molar refractivity (Wildman–Crippen MR) is 107 cm³/mol. The molecule has 5 heteroatoms.